The number of methoxy groups -OCH3 is 1. The van der Waals surface area contributed by atoms with Crippen molar-refractivity contribution in [1.29, 1.82) is 0 Å². The standard InChI is InChI=1S/C16H14N4O2/c1-22-16(21)10-6-2-3-7-11(10)19-15-14(17)18-12-8-4-5-9-13(12)20-15/h2-9H,1H3,(H2,17,18)(H,19,20). The van der Waals surface area contributed by atoms with Gasteiger partial charge in [-0.25, -0.2) is 14.8 Å². The molecule has 0 saturated heterocycles. The van der Waals surface area contributed by atoms with Crippen molar-refractivity contribution in [2.45, 2.75) is 0 Å². The van der Waals surface area contributed by atoms with Crippen LogP contribution in [0.15, 0.2) is 48.5 Å². The Morgan fingerprint density at radius 1 is 1.05 bits per heavy atom. The van der Waals surface area contributed by atoms with Gasteiger partial charge in [0.2, 0.25) is 0 Å². The normalized spacial score (nSPS) is 10.4. The average Bonchev–Trinajstić information content (AvgIpc) is 2.55. The van der Waals surface area contributed by atoms with Crippen LogP contribution in [0.1, 0.15) is 10.4 Å². The maximum absolute atomic E-state index is 11.8. The Balaban J connectivity index is 2.03. The second-order valence-corrected chi connectivity index (χ2v) is 4.61. The minimum atomic E-state index is -0.435. The van der Waals surface area contributed by atoms with E-state index in [1.54, 1.807) is 24.3 Å². The molecule has 110 valence electrons. The lowest BCUT2D eigenvalue weighted by Gasteiger charge is -2.12. The SMILES string of the molecule is COC(=O)c1ccccc1Nc1nc2ccccc2nc1N. The van der Waals surface area contributed by atoms with Crippen molar-refractivity contribution < 1.29 is 9.53 Å². The van der Waals surface area contributed by atoms with Gasteiger partial charge in [0.15, 0.2) is 11.6 Å². The van der Waals surface area contributed by atoms with Crippen molar-refractivity contribution >= 4 is 34.3 Å². The number of aromatic nitrogens is 2. The number of hydrogen-bond acceptors (Lipinski definition) is 6. The Morgan fingerprint density at radius 3 is 2.41 bits per heavy atom. The molecular weight excluding hydrogens is 280 g/mol. The van der Waals surface area contributed by atoms with Gasteiger partial charge in [-0.15, -0.1) is 0 Å². The van der Waals surface area contributed by atoms with Crippen molar-refractivity contribution in [2.24, 2.45) is 0 Å². The fraction of sp³-hybridized carbons (Fsp3) is 0.0625. The molecule has 0 aliphatic heterocycles. The molecule has 22 heavy (non-hydrogen) atoms. The van der Waals surface area contributed by atoms with Gasteiger partial charge in [0.1, 0.15) is 0 Å². The van der Waals surface area contributed by atoms with Gasteiger partial charge in [0.25, 0.3) is 0 Å². The smallest absolute Gasteiger partial charge is 0.339 e. The minimum Gasteiger partial charge on any atom is -0.465 e. The van der Waals surface area contributed by atoms with Gasteiger partial charge in [-0.3, -0.25) is 0 Å². The molecule has 0 atom stereocenters. The molecule has 3 aromatic rings. The van der Waals surface area contributed by atoms with E-state index in [1.165, 1.54) is 7.11 Å². The number of benzene rings is 2. The summed E-state index contributed by atoms with van der Waals surface area (Å²) in [7, 11) is 1.34. The molecule has 0 fully saturated rings. The first-order chi connectivity index (χ1) is 10.7. The van der Waals surface area contributed by atoms with E-state index in [-0.39, 0.29) is 5.82 Å². The fourth-order valence-corrected chi connectivity index (χ4v) is 2.11. The van der Waals surface area contributed by atoms with Crippen LogP contribution in [0.25, 0.3) is 11.0 Å². The average molecular weight is 294 g/mol. The minimum absolute atomic E-state index is 0.262. The van der Waals surface area contributed by atoms with Gasteiger partial charge in [-0.2, -0.15) is 0 Å². The van der Waals surface area contributed by atoms with Gasteiger partial charge in [0, 0.05) is 0 Å². The number of nitrogen functional groups attached to an aromatic ring is 1. The zero-order valence-corrected chi connectivity index (χ0v) is 11.9. The molecule has 3 N–H and O–H groups in total. The summed E-state index contributed by atoms with van der Waals surface area (Å²) in [5, 5.41) is 3.05. The van der Waals surface area contributed by atoms with Crippen molar-refractivity contribution in [1.82, 2.24) is 9.97 Å². The fourth-order valence-electron chi connectivity index (χ4n) is 2.11. The van der Waals surface area contributed by atoms with E-state index in [0.29, 0.717) is 22.6 Å². The summed E-state index contributed by atoms with van der Waals surface area (Å²) in [4.78, 5) is 20.5. The number of anilines is 3. The highest BCUT2D eigenvalue weighted by molar-refractivity contribution is 5.96. The Morgan fingerprint density at radius 2 is 1.68 bits per heavy atom. The summed E-state index contributed by atoms with van der Waals surface area (Å²) in [6.07, 6.45) is 0. The van der Waals surface area contributed by atoms with Crippen LogP contribution in [0.4, 0.5) is 17.3 Å². The number of para-hydroxylation sites is 3. The quantitative estimate of drug-likeness (QED) is 0.722. The molecule has 0 bridgehead atoms. The van der Waals surface area contributed by atoms with E-state index in [4.69, 9.17) is 10.5 Å². The second kappa shape index (κ2) is 5.69. The largest absolute Gasteiger partial charge is 0.465 e. The number of hydrogen-bond donors (Lipinski definition) is 2. The van der Waals surface area contributed by atoms with Crippen LogP contribution < -0.4 is 11.1 Å². The van der Waals surface area contributed by atoms with E-state index >= 15 is 0 Å². The summed E-state index contributed by atoms with van der Waals surface area (Å²) in [5.74, 6) is 0.226. The summed E-state index contributed by atoms with van der Waals surface area (Å²) in [6.45, 7) is 0. The van der Waals surface area contributed by atoms with Crippen LogP contribution in [0.2, 0.25) is 0 Å². The lowest BCUT2D eigenvalue weighted by atomic mass is 10.2. The summed E-state index contributed by atoms with van der Waals surface area (Å²) < 4.78 is 4.77. The zero-order valence-electron chi connectivity index (χ0n) is 11.9. The van der Waals surface area contributed by atoms with E-state index in [0.717, 1.165) is 5.52 Å². The Hall–Kier alpha value is -3.15. The molecule has 1 heterocycles. The number of nitrogens with two attached hydrogens (primary N) is 1. The van der Waals surface area contributed by atoms with Crippen molar-refractivity contribution in [3.63, 3.8) is 0 Å². The molecule has 0 spiro atoms. The van der Waals surface area contributed by atoms with Crippen LogP contribution in [-0.2, 0) is 4.74 Å². The first kappa shape index (κ1) is 13.8. The van der Waals surface area contributed by atoms with E-state index in [2.05, 4.69) is 15.3 Å². The third-order valence-electron chi connectivity index (χ3n) is 3.18. The van der Waals surface area contributed by atoms with Gasteiger partial charge in [-0.05, 0) is 24.3 Å². The summed E-state index contributed by atoms with van der Waals surface area (Å²) >= 11 is 0. The van der Waals surface area contributed by atoms with Crippen LogP contribution >= 0.6 is 0 Å². The molecule has 0 saturated carbocycles. The molecule has 0 aliphatic carbocycles. The van der Waals surface area contributed by atoms with Gasteiger partial charge >= 0.3 is 5.97 Å². The zero-order chi connectivity index (χ0) is 15.5. The second-order valence-electron chi connectivity index (χ2n) is 4.61. The number of nitrogens with zero attached hydrogens (tertiary/aromatic N) is 2. The molecule has 3 rings (SSSR count). The topological polar surface area (TPSA) is 90.1 Å². The number of fused-ring (bicyclic) bond motifs is 1. The lowest BCUT2D eigenvalue weighted by molar-refractivity contribution is 0.0602. The number of rotatable bonds is 3. The molecular formula is C16H14N4O2. The molecule has 2 aromatic carbocycles. The lowest BCUT2D eigenvalue weighted by Crippen LogP contribution is -2.08. The predicted octanol–water partition coefficient (Wildman–Crippen LogP) is 2.74. The number of esters is 1. The predicted molar refractivity (Wildman–Crippen MR) is 85.0 cm³/mol. The first-order valence-electron chi connectivity index (χ1n) is 6.65. The van der Waals surface area contributed by atoms with Gasteiger partial charge in [0.05, 0.1) is 29.4 Å². The molecule has 0 radical (unpaired) electrons. The van der Waals surface area contributed by atoms with Crippen LogP contribution in [0.5, 0.6) is 0 Å². The van der Waals surface area contributed by atoms with E-state index in [9.17, 15) is 4.79 Å². The highest BCUT2D eigenvalue weighted by Crippen LogP contribution is 2.25. The Bertz CT molecular complexity index is 848. The van der Waals surface area contributed by atoms with Crippen molar-refractivity contribution in [2.75, 3.05) is 18.2 Å². The molecule has 0 aliphatic rings. The molecule has 6 nitrogen and oxygen atoms in total. The van der Waals surface area contributed by atoms with Crippen molar-refractivity contribution in [3.05, 3.63) is 54.1 Å². The Kier molecular flexibility index (Phi) is 3.57. The highest BCUT2D eigenvalue weighted by Gasteiger charge is 2.13. The Labute approximate surface area is 127 Å². The molecule has 0 amide bonds. The number of nitrogens with one attached hydrogen (secondary N) is 1. The third-order valence-corrected chi connectivity index (χ3v) is 3.18. The van der Waals surface area contributed by atoms with Crippen LogP contribution in [0.3, 0.4) is 0 Å². The number of carbonyl (C=O) groups excluding carboxylic acids is 1. The molecule has 0 unspecified atom stereocenters. The maximum Gasteiger partial charge on any atom is 0.339 e. The first-order valence-corrected chi connectivity index (χ1v) is 6.65. The van der Waals surface area contributed by atoms with Crippen molar-refractivity contribution in [3.8, 4) is 0 Å². The number of ether oxygens (including phenoxy) is 1. The molecule has 6 heteroatoms. The van der Waals surface area contributed by atoms with Crippen LogP contribution in [-0.4, -0.2) is 23.0 Å². The summed E-state index contributed by atoms with van der Waals surface area (Å²) in [5.41, 5.74) is 8.34. The van der Waals surface area contributed by atoms with E-state index < -0.39 is 5.97 Å². The van der Waals surface area contributed by atoms with Crippen LogP contribution in [0, 0.1) is 0 Å². The third kappa shape index (κ3) is 2.54. The number of carbonyl (C=O) groups is 1. The summed E-state index contributed by atoms with van der Waals surface area (Å²) in [6, 6.07) is 14.4. The van der Waals surface area contributed by atoms with E-state index in [1.807, 2.05) is 24.3 Å². The maximum atomic E-state index is 11.8. The van der Waals surface area contributed by atoms with Gasteiger partial charge in [-0.1, -0.05) is 24.3 Å². The monoisotopic (exact) mass is 294 g/mol. The highest BCUT2D eigenvalue weighted by atomic mass is 16.5. The molecule has 1 aromatic heterocycles. The van der Waals surface area contributed by atoms with Gasteiger partial charge < -0.3 is 15.8 Å².